The summed E-state index contributed by atoms with van der Waals surface area (Å²) in [5.41, 5.74) is 4.20. The highest BCUT2D eigenvalue weighted by molar-refractivity contribution is 6.52. The highest BCUT2D eigenvalue weighted by Crippen LogP contribution is 2.67. The van der Waals surface area contributed by atoms with E-state index in [-0.39, 0.29) is 17.6 Å². The first-order chi connectivity index (χ1) is 11.7. The Kier molecular flexibility index (Phi) is 4.89. The Labute approximate surface area is 162 Å². The lowest BCUT2D eigenvalue weighted by Gasteiger charge is -2.11. The number of anilines is 1. The summed E-state index contributed by atoms with van der Waals surface area (Å²) in [6.45, 7) is 7.62. The van der Waals surface area contributed by atoms with E-state index in [0.717, 1.165) is 16.8 Å². The van der Waals surface area contributed by atoms with Crippen molar-refractivity contribution in [2.24, 2.45) is 5.92 Å². The first-order valence-corrected chi connectivity index (χ1v) is 9.05. The van der Waals surface area contributed by atoms with Gasteiger partial charge in [0.1, 0.15) is 4.33 Å². The summed E-state index contributed by atoms with van der Waals surface area (Å²) < 4.78 is -0.931. The minimum Gasteiger partial charge on any atom is -0.359 e. The van der Waals surface area contributed by atoms with E-state index < -0.39 is 4.33 Å². The van der Waals surface area contributed by atoms with Crippen LogP contribution in [0.4, 0.5) is 5.69 Å². The second kappa shape index (κ2) is 6.68. The third-order valence-corrected chi connectivity index (χ3v) is 5.59. The van der Waals surface area contributed by atoms with Crippen LogP contribution in [0.5, 0.6) is 0 Å². The van der Waals surface area contributed by atoms with Crippen LogP contribution in [-0.4, -0.2) is 10.1 Å². The fourth-order valence-electron chi connectivity index (χ4n) is 3.20. The van der Waals surface area contributed by atoms with Gasteiger partial charge < -0.3 is 5.32 Å². The molecule has 2 atom stereocenters. The van der Waals surface area contributed by atoms with Crippen molar-refractivity contribution in [1.29, 1.82) is 0 Å². The molecule has 2 nitrogen and oxygen atoms in total. The van der Waals surface area contributed by atoms with Crippen LogP contribution in [0.25, 0.3) is 0 Å². The van der Waals surface area contributed by atoms with Crippen molar-refractivity contribution in [2.45, 2.75) is 24.1 Å². The number of Topliss-reactive ketones (excluding diaryl/α,β-unsaturated/α-hetero) is 1. The lowest BCUT2D eigenvalue weighted by Crippen LogP contribution is -2.05. The van der Waals surface area contributed by atoms with Crippen LogP contribution in [0, 0.1) is 12.8 Å². The Morgan fingerprint density at radius 2 is 1.92 bits per heavy atom. The van der Waals surface area contributed by atoms with Crippen LogP contribution in [-0.2, 0) is 0 Å². The second-order valence-electron chi connectivity index (χ2n) is 6.48. The largest absolute Gasteiger partial charge is 0.359 e. The highest BCUT2D eigenvalue weighted by atomic mass is 35.5. The molecule has 0 aliphatic heterocycles. The molecule has 2 aromatic carbocycles. The third-order valence-electron chi connectivity index (χ3n) is 4.43. The normalized spacial score (nSPS) is 20.8. The number of alkyl halides is 2. The summed E-state index contributed by atoms with van der Waals surface area (Å²) in [7, 11) is 0. The number of carbonyl (C=O) groups excluding carboxylic acids is 1. The molecule has 5 heteroatoms. The highest BCUT2D eigenvalue weighted by Gasteiger charge is 2.65. The maximum Gasteiger partial charge on any atom is 0.159 e. The molecule has 1 aliphatic carbocycles. The van der Waals surface area contributed by atoms with Crippen LogP contribution in [0.15, 0.2) is 54.7 Å². The van der Waals surface area contributed by atoms with Gasteiger partial charge in [0.05, 0.1) is 0 Å². The number of carbonyl (C=O) groups is 1. The molecule has 0 heterocycles. The molecular formula is C20H18Cl3NO. The maximum absolute atomic E-state index is 11.5. The number of hydrogen-bond acceptors (Lipinski definition) is 2. The van der Waals surface area contributed by atoms with Gasteiger partial charge in [-0.3, -0.25) is 4.79 Å². The summed E-state index contributed by atoms with van der Waals surface area (Å²) in [4.78, 5) is 11.5. The van der Waals surface area contributed by atoms with Crippen molar-refractivity contribution in [2.75, 3.05) is 5.32 Å². The van der Waals surface area contributed by atoms with Gasteiger partial charge in [0, 0.05) is 33.8 Å². The first-order valence-electron chi connectivity index (χ1n) is 7.92. The smallest absolute Gasteiger partial charge is 0.159 e. The number of benzene rings is 2. The molecule has 1 fully saturated rings. The fraction of sp³-hybridized carbons (Fsp3) is 0.250. The average Bonchev–Trinajstić information content (AvgIpc) is 3.09. The van der Waals surface area contributed by atoms with Gasteiger partial charge in [-0.2, -0.15) is 0 Å². The Bertz CT molecular complexity index is 840. The number of hydrogen-bond donors (Lipinski definition) is 1. The molecular weight excluding hydrogens is 377 g/mol. The zero-order chi connectivity index (χ0) is 18.4. The van der Waals surface area contributed by atoms with Crippen molar-refractivity contribution in [3.63, 3.8) is 0 Å². The van der Waals surface area contributed by atoms with Gasteiger partial charge in [-0.15, -0.1) is 23.2 Å². The number of aryl methyl sites for hydroxylation is 1. The van der Waals surface area contributed by atoms with Gasteiger partial charge in [0.2, 0.25) is 0 Å². The second-order valence-corrected chi connectivity index (χ2v) is 8.36. The van der Waals surface area contributed by atoms with Crippen LogP contribution < -0.4 is 5.32 Å². The van der Waals surface area contributed by atoms with Gasteiger partial charge in [0.15, 0.2) is 5.78 Å². The number of nitrogens with one attached hydrogen (secondary N) is 1. The van der Waals surface area contributed by atoms with Crippen molar-refractivity contribution < 1.29 is 4.79 Å². The molecule has 0 bridgehead atoms. The van der Waals surface area contributed by atoms with Gasteiger partial charge in [-0.05, 0) is 49.2 Å². The first kappa shape index (κ1) is 18.3. The predicted molar refractivity (Wildman–Crippen MR) is 106 cm³/mol. The lowest BCUT2D eigenvalue weighted by molar-refractivity contribution is 0.101. The monoisotopic (exact) mass is 393 g/mol. The van der Waals surface area contributed by atoms with Crippen LogP contribution in [0.2, 0.25) is 5.02 Å². The number of rotatable bonds is 5. The molecule has 1 N–H and O–H groups in total. The van der Waals surface area contributed by atoms with Gasteiger partial charge in [0.25, 0.3) is 0 Å². The van der Waals surface area contributed by atoms with E-state index in [1.165, 1.54) is 6.92 Å². The molecule has 0 radical (unpaired) electrons. The third kappa shape index (κ3) is 3.72. The van der Waals surface area contributed by atoms with E-state index in [1.54, 1.807) is 12.1 Å². The molecule has 2 unspecified atom stereocenters. The summed E-state index contributed by atoms with van der Waals surface area (Å²) in [5, 5.41) is 3.90. The maximum atomic E-state index is 11.5. The summed E-state index contributed by atoms with van der Waals surface area (Å²) in [6, 6.07) is 13.1. The lowest BCUT2D eigenvalue weighted by atomic mass is 10.1. The fourth-order valence-corrected chi connectivity index (χ4v) is 4.39. The van der Waals surface area contributed by atoms with Gasteiger partial charge in [-0.1, -0.05) is 36.4 Å². The standard InChI is InChI=1S/C20H18Cl3NO/c1-11-7-15(9-16(21)8-11)19-18(20(19,22)23)12(2)24-17-6-4-5-14(10-17)13(3)25/h4-10,18-19,24H,2H2,1,3H3. The quantitative estimate of drug-likeness (QED) is 0.472. The SMILES string of the molecule is C=C(Nc1cccc(C(C)=O)c1)C1C(c2cc(C)cc(Cl)c2)C1(Cl)Cl. The van der Waals surface area contributed by atoms with E-state index in [9.17, 15) is 4.79 Å². The number of allylic oxidation sites excluding steroid dienone is 1. The molecule has 0 aromatic heterocycles. The van der Waals surface area contributed by atoms with Crippen molar-refractivity contribution >= 4 is 46.3 Å². The molecule has 0 amide bonds. The Morgan fingerprint density at radius 3 is 2.56 bits per heavy atom. The van der Waals surface area contributed by atoms with E-state index in [0.29, 0.717) is 16.3 Å². The van der Waals surface area contributed by atoms with Crippen LogP contribution >= 0.6 is 34.8 Å². The van der Waals surface area contributed by atoms with Crippen LogP contribution in [0.3, 0.4) is 0 Å². The molecule has 1 saturated carbocycles. The van der Waals surface area contributed by atoms with Crippen LogP contribution in [0.1, 0.15) is 34.3 Å². The van der Waals surface area contributed by atoms with Crippen molar-refractivity contribution in [3.8, 4) is 0 Å². The molecule has 25 heavy (non-hydrogen) atoms. The Morgan fingerprint density at radius 1 is 1.20 bits per heavy atom. The Balaban J connectivity index is 1.81. The van der Waals surface area contributed by atoms with Gasteiger partial charge >= 0.3 is 0 Å². The minimum atomic E-state index is -0.931. The topological polar surface area (TPSA) is 29.1 Å². The molecule has 3 rings (SSSR count). The van der Waals surface area contributed by atoms with E-state index >= 15 is 0 Å². The molecule has 130 valence electrons. The number of ketones is 1. The molecule has 1 aliphatic rings. The van der Waals surface area contributed by atoms with E-state index in [4.69, 9.17) is 34.8 Å². The summed E-state index contributed by atoms with van der Waals surface area (Å²) in [6.07, 6.45) is 0. The van der Waals surface area contributed by atoms with E-state index in [2.05, 4.69) is 11.9 Å². The van der Waals surface area contributed by atoms with Crippen molar-refractivity contribution in [1.82, 2.24) is 0 Å². The molecule has 0 spiro atoms. The zero-order valence-corrected chi connectivity index (χ0v) is 16.2. The average molecular weight is 395 g/mol. The zero-order valence-electron chi connectivity index (χ0n) is 13.9. The summed E-state index contributed by atoms with van der Waals surface area (Å²) >= 11 is 19.2. The van der Waals surface area contributed by atoms with E-state index in [1.807, 2.05) is 37.3 Å². The Hall–Kier alpha value is -1.48. The summed E-state index contributed by atoms with van der Waals surface area (Å²) in [5.74, 6) is -0.212. The molecule has 0 saturated heterocycles. The van der Waals surface area contributed by atoms with Crippen molar-refractivity contribution in [3.05, 3.63) is 76.5 Å². The molecule has 2 aromatic rings. The number of halogens is 3. The predicted octanol–water partition coefficient (Wildman–Crippen LogP) is 6.36. The minimum absolute atomic E-state index is 0.0111. The van der Waals surface area contributed by atoms with Gasteiger partial charge in [-0.25, -0.2) is 0 Å².